The van der Waals surface area contributed by atoms with Crippen molar-refractivity contribution in [1.82, 2.24) is 19.7 Å². The molecule has 3 fully saturated rings. The number of fused-ring (bicyclic) bond motifs is 1. The van der Waals surface area contributed by atoms with Gasteiger partial charge in [0, 0.05) is 12.7 Å². The van der Waals surface area contributed by atoms with Gasteiger partial charge in [-0.1, -0.05) is 11.6 Å². The Labute approximate surface area is 148 Å². The SMILES string of the molecule is CCn1cc(C(=O)N2C3CCCC34OCC24)c(=O)c2cc(Cl)nnc21. The summed E-state index contributed by atoms with van der Waals surface area (Å²) in [5.74, 6) is -0.210. The van der Waals surface area contributed by atoms with E-state index in [0.717, 1.165) is 19.3 Å². The normalized spacial score (nSPS) is 29.8. The highest BCUT2D eigenvalue weighted by molar-refractivity contribution is 6.29. The summed E-state index contributed by atoms with van der Waals surface area (Å²) in [6.07, 6.45) is 4.61. The summed E-state index contributed by atoms with van der Waals surface area (Å²) in [5, 5.41) is 8.30. The molecule has 25 heavy (non-hydrogen) atoms. The molecule has 8 heteroatoms. The zero-order valence-corrected chi connectivity index (χ0v) is 14.5. The third-order valence-electron chi connectivity index (χ3n) is 5.95. The van der Waals surface area contributed by atoms with E-state index in [2.05, 4.69) is 10.2 Å². The molecule has 3 aliphatic rings. The van der Waals surface area contributed by atoms with E-state index >= 15 is 0 Å². The van der Waals surface area contributed by atoms with E-state index in [-0.39, 0.29) is 39.7 Å². The molecule has 1 amide bonds. The second-order valence-corrected chi connectivity index (χ2v) is 7.35. The van der Waals surface area contributed by atoms with Crippen LogP contribution >= 0.6 is 11.6 Å². The van der Waals surface area contributed by atoms with Gasteiger partial charge in [0.15, 0.2) is 10.8 Å². The van der Waals surface area contributed by atoms with Crippen molar-refractivity contribution in [3.05, 3.63) is 33.2 Å². The summed E-state index contributed by atoms with van der Waals surface area (Å²) in [4.78, 5) is 27.9. The minimum Gasteiger partial charge on any atom is -0.368 e. The van der Waals surface area contributed by atoms with Crippen molar-refractivity contribution in [3.8, 4) is 0 Å². The lowest BCUT2D eigenvalue weighted by Gasteiger charge is -2.66. The molecule has 0 bridgehead atoms. The van der Waals surface area contributed by atoms with Gasteiger partial charge in [-0.3, -0.25) is 9.59 Å². The molecule has 2 saturated heterocycles. The summed E-state index contributed by atoms with van der Waals surface area (Å²) in [5.41, 5.74) is 0.146. The van der Waals surface area contributed by atoms with Crippen molar-refractivity contribution in [2.75, 3.05) is 6.61 Å². The topological polar surface area (TPSA) is 77.3 Å². The van der Waals surface area contributed by atoms with Gasteiger partial charge in [-0.05, 0) is 32.3 Å². The number of hydrogen-bond acceptors (Lipinski definition) is 5. The van der Waals surface area contributed by atoms with Gasteiger partial charge in [0.05, 0.1) is 24.1 Å². The number of ether oxygens (including phenoxy) is 1. The van der Waals surface area contributed by atoms with Gasteiger partial charge in [-0.2, -0.15) is 0 Å². The van der Waals surface area contributed by atoms with Gasteiger partial charge < -0.3 is 14.2 Å². The Balaban J connectivity index is 1.62. The van der Waals surface area contributed by atoms with Crippen LogP contribution in [0.3, 0.4) is 0 Å². The van der Waals surface area contributed by atoms with Crippen LogP contribution in [0.5, 0.6) is 0 Å². The van der Waals surface area contributed by atoms with E-state index in [1.165, 1.54) is 6.07 Å². The van der Waals surface area contributed by atoms with E-state index in [4.69, 9.17) is 16.3 Å². The predicted molar refractivity (Wildman–Crippen MR) is 90.8 cm³/mol. The molecule has 1 saturated carbocycles. The highest BCUT2D eigenvalue weighted by Crippen LogP contribution is 2.56. The first-order chi connectivity index (χ1) is 12.1. The Morgan fingerprint density at radius 3 is 3.00 bits per heavy atom. The third-order valence-corrected chi connectivity index (χ3v) is 6.14. The number of aryl methyl sites for hydroxylation is 1. The number of morpholine rings is 1. The van der Waals surface area contributed by atoms with Crippen LogP contribution in [0.2, 0.25) is 5.15 Å². The van der Waals surface area contributed by atoms with E-state index in [9.17, 15) is 9.59 Å². The number of amides is 1. The molecule has 0 aromatic carbocycles. The van der Waals surface area contributed by atoms with Gasteiger partial charge in [-0.15, -0.1) is 10.2 Å². The number of aromatic nitrogens is 3. The van der Waals surface area contributed by atoms with Crippen molar-refractivity contribution in [1.29, 1.82) is 0 Å². The van der Waals surface area contributed by atoms with Crippen LogP contribution in [0, 0.1) is 0 Å². The fourth-order valence-electron chi connectivity index (χ4n) is 4.71. The average Bonchev–Trinajstić information content (AvgIpc) is 3.02. The van der Waals surface area contributed by atoms with Crippen LogP contribution in [-0.2, 0) is 11.3 Å². The number of pyridine rings is 1. The number of carbonyl (C=O) groups excluding carboxylic acids is 1. The Morgan fingerprint density at radius 1 is 1.44 bits per heavy atom. The summed E-state index contributed by atoms with van der Waals surface area (Å²) in [6, 6.07) is 1.69. The first kappa shape index (κ1) is 15.3. The monoisotopic (exact) mass is 360 g/mol. The molecule has 2 aromatic heterocycles. The second kappa shape index (κ2) is 5.02. The van der Waals surface area contributed by atoms with E-state index in [1.54, 1.807) is 10.8 Å². The molecular formula is C17H17ClN4O3. The van der Waals surface area contributed by atoms with Gasteiger partial charge in [0.1, 0.15) is 11.2 Å². The minimum atomic E-state index is -0.336. The fraction of sp³-hybridized carbons (Fsp3) is 0.529. The van der Waals surface area contributed by atoms with Crippen molar-refractivity contribution >= 4 is 28.5 Å². The van der Waals surface area contributed by atoms with Crippen LogP contribution in [0.25, 0.3) is 11.0 Å². The minimum absolute atomic E-state index is 0.100. The first-order valence-corrected chi connectivity index (χ1v) is 8.97. The van der Waals surface area contributed by atoms with E-state index in [0.29, 0.717) is 24.2 Å². The maximum Gasteiger partial charge on any atom is 0.260 e. The quantitative estimate of drug-likeness (QED) is 0.813. The average molecular weight is 361 g/mol. The summed E-state index contributed by atoms with van der Waals surface area (Å²) in [7, 11) is 0. The molecule has 7 nitrogen and oxygen atoms in total. The highest BCUT2D eigenvalue weighted by atomic mass is 35.5. The zero-order valence-electron chi connectivity index (χ0n) is 13.7. The third kappa shape index (κ3) is 1.80. The molecule has 3 atom stereocenters. The van der Waals surface area contributed by atoms with Gasteiger partial charge in [0.25, 0.3) is 5.91 Å². The van der Waals surface area contributed by atoms with Crippen LogP contribution < -0.4 is 5.43 Å². The van der Waals surface area contributed by atoms with Crippen molar-refractivity contribution in [2.45, 2.75) is 50.4 Å². The number of likely N-dealkylation sites (tertiary alicyclic amines) is 1. The van der Waals surface area contributed by atoms with Gasteiger partial charge in [-0.25, -0.2) is 0 Å². The Bertz CT molecular complexity index is 974. The summed E-state index contributed by atoms with van der Waals surface area (Å²) < 4.78 is 7.58. The van der Waals surface area contributed by atoms with Crippen molar-refractivity contribution in [3.63, 3.8) is 0 Å². The smallest absolute Gasteiger partial charge is 0.260 e. The maximum absolute atomic E-state index is 13.2. The van der Waals surface area contributed by atoms with Crippen LogP contribution in [0.1, 0.15) is 36.5 Å². The molecule has 4 heterocycles. The van der Waals surface area contributed by atoms with Crippen molar-refractivity contribution in [2.24, 2.45) is 0 Å². The Kier molecular flexibility index (Phi) is 3.07. The molecule has 0 N–H and O–H groups in total. The second-order valence-electron chi connectivity index (χ2n) is 6.96. The lowest BCUT2D eigenvalue weighted by molar-refractivity contribution is -0.297. The summed E-state index contributed by atoms with van der Waals surface area (Å²) in [6.45, 7) is 3.07. The van der Waals surface area contributed by atoms with E-state index in [1.807, 2.05) is 11.8 Å². The Hall–Kier alpha value is -1.99. The number of carbonyl (C=O) groups is 1. The number of halogens is 1. The molecule has 1 aliphatic carbocycles. The predicted octanol–water partition coefficient (Wildman–Crippen LogP) is 1.61. The van der Waals surface area contributed by atoms with Crippen LogP contribution in [-0.4, -0.2) is 49.9 Å². The molecular weight excluding hydrogens is 344 g/mol. The lowest BCUT2D eigenvalue weighted by Crippen LogP contribution is -2.84. The highest BCUT2D eigenvalue weighted by Gasteiger charge is 2.70. The molecule has 5 rings (SSSR count). The standard InChI is InChI=1S/C17H17ClN4O3/c1-2-21-7-10(14(23)9-6-13(18)19-20-15(9)21)16(24)22-11-4-3-5-17(11)12(22)8-25-17/h6-7,11-12H,2-5,8H2,1H3. The van der Waals surface area contributed by atoms with Crippen LogP contribution in [0.15, 0.2) is 17.1 Å². The molecule has 2 aliphatic heterocycles. The molecule has 0 radical (unpaired) electrons. The first-order valence-electron chi connectivity index (χ1n) is 8.60. The number of rotatable bonds is 2. The number of nitrogens with zero attached hydrogens (tertiary/aromatic N) is 4. The molecule has 130 valence electrons. The molecule has 1 spiro atoms. The Morgan fingerprint density at radius 2 is 2.28 bits per heavy atom. The van der Waals surface area contributed by atoms with E-state index < -0.39 is 0 Å². The maximum atomic E-state index is 13.2. The molecule has 2 aromatic rings. The zero-order chi connectivity index (χ0) is 17.3. The summed E-state index contributed by atoms with van der Waals surface area (Å²) >= 11 is 5.91. The number of hydrogen-bond donors (Lipinski definition) is 0. The lowest BCUT2D eigenvalue weighted by atomic mass is 9.72. The van der Waals surface area contributed by atoms with Crippen LogP contribution in [0.4, 0.5) is 0 Å². The van der Waals surface area contributed by atoms with Gasteiger partial charge in [0.2, 0.25) is 5.43 Å². The van der Waals surface area contributed by atoms with Gasteiger partial charge >= 0.3 is 0 Å². The largest absolute Gasteiger partial charge is 0.368 e. The van der Waals surface area contributed by atoms with Crippen molar-refractivity contribution < 1.29 is 9.53 Å². The molecule has 3 unspecified atom stereocenters. The fourth-order valence-corrected chi connectivity index (χ4v) is 4.86.